The Bertz CT molecular complexity index is 407. The van der Waals surface area contributed by atoms with E-state index in [2.05, 4.69) is 6.92 Å². The van der Waals surface area contributed by atoms with Crippen molar-refractivity contribution in [1.82, 2.24) is 0 Å². The number of hydrogen-bond acceptors (Lipinski definition) is 2. The second-order valence-electron chi connectivity index (χ2n) is 5.64. The van der Waals surface area contributed by atoms with Crippen molar-refractivity contribution in [3.8, 4) is 0 Å². The van der Waals surface area contributed by atoms with E-state index in [0.717, 1.165) is 37.7 Å². The Kier molecular flexibility index (Phi) is 9.44. The Labute approximate surface area is 131 Å². The zero-order chi connectivity index (χ0) is 16.2. The molecule has 0 aromatic heterocycles. The van der Waals surface area contributed by atoms with Gasteiger partial charge in [-0.15, -0.1) is 0 Å². The largest absolute Gasteiger partial charge is 0.465 e. The normalized spacial score (nSPS) is 12.4. The summed E-state index contributed by atoms with van der Waals surface area (Å²) in [6, 6.07) is 9.17. The molecule has 0 N–H and O–H groups in total. The highest BCUT2D eigenvalue weighted by atomic mass is 19.3. The fraction of sp³-hybridized carbons (Fsp3) is 0.611. The van der Waals surface area contributed by atoms with Crippen molar-refractivity contribution in [2.45, 2.75) is 58.3 Å². The first-order valence-corrected chi connectivity index (χ1v) is 8.11. The van der Waals surface area contributed by atoms with Gasteiger partial charge in [0.1, 0.15) is 0 Å². The average molecular weight is 312 g/mol. The number of halogens is 2. The van der Waals surface area contributed by atoms with Gasteiger partial charge < -0.3 is 4.74 Å². The van der Waals surface area contributed by atoms with Gasteiger partial charge in [0.25, 0.3) is 0 Å². The molecule has 0 fully saturated rings. The summed E-state index contributed by atoms with van der Waals surface area (Å²) in [7, 11) is 0. The molecule has 0 bridgehead atoms. The molecular formula is C18H26F2O2. The van der Waals surface area contributed by atoms with Crippen LogP contribution in [0.25, 0.3) is 0 Å². The van der Waals surface area contributed by atoms with E-state index >= 15 is 0 Å². The molecule has 22 heavy (non-hydrogen) atoms. The third-order valence-corrected chi connectivity index (χ3v) is 3.68. The van der Waals surface area contributed by atoms with Gasteiger partial charge in [0.05, 0.1) is 18.9 Å². The first kappa shape index (κ1) is 18.6. The molecule has 0 spiro atoms. The number of esters is 1. The van der Waals surface area contributed by atoms with Crippen molar-refractivity contribution in [3.63, 3.8) is 0 Å². The Morgan fingerprint density at radius 2 is 1.77 bits per heavy atom. The highest BCUT2D eigenvalue weighted by Crippen LogP contribution is 2.19. The Morgan fingerprint density at radius 1 is 1.09 bits per heavy atom. The number of benzene rings is 1. The number of unbranched alkanes of at least 4 members (excludes halogenated alkanes) is 4. The summed E-state index contributed by atoms with van der Waals surface area (Å²) < 4.78 is 30.9. The van der Waals surface area contributed by atoms with Crippen LogP contribution in [-0.2, 0) is 16.0 Å². The minimum atomic E-state index is -2.43. The third kappa shape index (κ3) is 8.11. The summed E-state index contributed by atoms with van der Waals surface area (Å²) in [5.74, 6) is -1.29. The van der Waals surface area contributed by atoms with Crippen LogP contribution in [0.15, 0.2) is 30.3 Å². The molecule has 0 radical (unpaired) electrons. The predicted octanol–water partition coefficient (Wildman–Crippen LogP) is 5.01. The molecule has 1 rings (SSSR count). The van der Waals surface area contributed by atoms with Crippen molar-refractivity contribution >= 4 is 5.97 Å². The summed E-state index contributed by atoms with van der Waals surface area (Å²) in [5, 5.41) is 0. The second-order valence-corrected chi connectivity index (χ2v) is 5.64. The summed E-state index contributed by atoms with van der Waals surface area (Å²) in [6.07, 6.45) is 3.21. The first-order valence-electron chi connectivity index (χ1n) is 8.11. The molecular weight excluding hydrogens is 286 g/mol. The van der Waals surface area contributed by atoms with Gasteiger partial charge in [-0.3, -0.25) is 4.79 Å². The molecule has 1 unspecified atom stereocenters. The summed E-state index contributed by atoms with van der Waals surface area (Å²) in [6.45, 7) is 1.94. The summed E-state index contributed by atoms with van der Waals surface area (Å²) >= 11 is 0. The predicted molar refractivity (Wildman–Crippen MR) is 84.0 cm³/mol. The van der Waals surface area contributed by atoms with E-state index in [4.69, 9.17) is 4.74 Å². The van der Waals surface area contributed by atoms with E-state index in [-0.39, 0.29) is 13.0 Å². The molecule has 1 aromatic rings. The molecule has 1 aromatic carbocycles. The van der Waals surface area contributed by atoms with Gasteiger partial charge in [-0.05, 0) is 12.0 Å². The van der Waals surface area contributed by atoms with Gasteiger partial charge in [-0.25, -0.2) is 8.78 Å². The van der Waals surface area contributed by atoms with Crippen molar-refractivity contribution in [1.29, 1.82) is 0 Å². The molecule has 0 amide bonds. The van der Waals surface area contributed by atoms with Crippen LogP contribution in [0.1, 0.15) is 51.0 Å². The summed E-state index contributed by atoms with van der Waals surface area (Å²) in [4.78, 5) is 11.7. The fourth-order valence-corrected chi connectivity index (χ4v) is 2.31. The Morgan fingerprint density at radius 3 is 2.41 bits per heavy atom. The molecule has 1 atom stereocenters. The van der Waals surface area contributed by atoms with Crippen molar-refractivity contribution in [2.24, 2.45) is 5.92 Å². The van der Waals surface area contributed by atoms with Crippen LogP contribution in [0.5, 0.6) is 0 Å². The van der Waals surface area contributed by atoms with Crippen molar-refractivity contribution in [2.75, 3.05) is 6.61 Å². The number of carbonyl (C=O) groups excluding carboxylic acids is 1. The lowest BCUT2D eigenvalue weighted by Crippen LogP contribution is -2.21. The van der Waals surface area contributed by atoms with Gasteiger partial charge in [0.2, 0.25) is 6.43 Å². The molecule has 0 aliphatic heterocycles. The van der Waals surface area contributed by atoms with Gasteiger partial charge >= 0.3 is 5.97 Å². The minimum absolute atomic E-state index is 0.132. The van der Waals surface area contributed by atoms with E-state index in [1.54, 1.807) is 0 Å². The van der Waals surface area contributed by atoms with Crippen LogP contribution < -0.4 is 0 Å². The van der Waals surface area contributed by atoms with Crippen LogP contribution in [0.3, 0.4) is 0 Å². The van der Waals surface area contributed by atoms with E-state index in [9.17, 15) is 13.6 Å². The number of ether oxygens (including phenoxy) is 1. The minimum Gasteiger partial charge on any atom is -0.465 e. The van der Waals surface area contributed by atoms with Crippen LogP contribution >= 0.6 is 0 Å². The Hall–Kier alpha value is -1.45. The van der Waals surface area contributed by atoms with Crippen LogP contribution in [0.4, 0.5) is 8.78 Å². The molecule has 0 saturated heterocycles. The zero-order valence-corrected chi connectivity index (χ0v) is 13.3. The topological polar surface area (TPSA) is 26.3 Å². The molecule has 124 valence electrons. The zero-order valence-electron chi connectivity index (χ0n) is 13.3. The first-order chi connectivity index (χ1) is 10.6. The van der Waals surface area contributed by atoms with Gasteiger partial charge in [0.15, 0.2) is 0 Å². The maximum absolute atomic E-state index is 13.0. The molecule has 0 aliphatic rings. The molecule has 0 saturated carbocycles. The SMILES string of the molecule is CCCCCCCC(COC(=O)Cc1ccccc1)C(F)F. The van der Waals surface area contributed by atoms with Gasteiger partial charge in [0, 0.05) is 0 Å². The standard InChI is InChI=1S/C18H26F2O2/c1-2-3-4-5-9-12-16(18(19)20)14-22-17(21)13-15-10-7-6-8-11-15/h6-8,10-11,16,18H,2-5,9,12-14H2,1H3. The third-order valence-electron chi connectivity index (χ3n) is 3.68. The molecule has 2 nitrogen and oxygen atoms in total. The molecule has 0 aliphatic carbocycles. The van der Waals surface area contributed by atoms with Crippen molar-refractivity contribution < 1.29 is 18.3 Å². The molecule has 0 heterocycles. The molecule has 4 heteroatoms. The number of hydrogen-bond donors (Lipinski definition) is 0. The second kappa shape index (κ2) is 11.2. The fourth-order valence-electron chi connectivity index (χ4n) is 2.31. The van der Waals surface area contributed by atoms with Gasteiger partial charge in [-0.1, -0.05) is 69.4 Å². The van der Waals surface area contributed by atoms with E-state index in [1.807, 2.05) is 30.3 Å². The monoisotopic (exact) mass is 312 g/mol. The average Bonchev–Trinajstić information content (AvgIpc) is 2.50. The lowest BCUT2D eigenvalue weighted by atomic mass is 10.0. The van der Waals surface area contributed by atoms with E-state index in [0.29, 0.717) is 6.42 Å². The van der Waals surface area contributed by atoms with Crippen molar-refractivity contribution in [3.05, 3.63) is 35.9 Å². The maximum Gasteiger partial charge on any atom is 0.310 e. The maximum atomic E-state index is 13.0. The lowest BCUT2D eigenvalue weighted by Gasteiger charge is -2.16. The number of rotatable bonds is 11. The quantitative estimate of drug-likeness (QED) is 0.424. The number of carbonyl (C=O) groups is 1. The van der Waals surface area contributed by atoms with Gasteiger partial charge in [-0.2, -0.15) is 0 Å². The number of alkyl halides is 2. The van der Waals surface area contributed by atoms with E-state index in [1.165, 1.54) is 0 Å². The lowest BCUT2D eigenvalue weighted by molar-refractivity contribution is -0.146. The van der Waals surface area contributed by atoms with Crippen LogP contribution in [-0.4, -0.2) is 19.0 Å². The summed E-state index contributed by atoms with van der Waals surface area (Å²) in [5.41, 5.74) is 0.834. The van der Waals surface area contributed by atoms with Crippen LogP contribution in [0.2, 0.25) is 0 Å². The Balaban J connectivity index is 2.26. The van der Waals surface area contributed by atoms with Crippen LogP contribution in [0, 0.1) is 5.92 Å². The van der Waals surface area contributed by atoms with E-state index < -0.39 is 18.3 Å². The highest BCUT2D eigenvalue weighted by molar-refractivity contribution is 5.72. The highest BCUT2D eigenvalue weighted by Gasteiger charge is 2.21. The smallest absolute Gasteiger partial charge is 0.310 e.